The molecule has 1 aromatic rings. The van der Waals surface area contributed by atoms with E-state index in [0.29, 0.717) is 24.4 Å². The molecule has 1 unspecified atom stereocenters. The van der Waals surface area contributed by atoms with Gasteiger partial charge in [0, 0.05) is 13.0 Å². The van der Waals surface area contributed by atoms with Crippen molar-refractivity contribution in [2.24, 2.45) is 0 Å². The Morgan fingerprint density at radius 2 is 2.15 bits per heavy atom. The minimum absolute atomic E-state index is 0.0915. The summed E-state index contributed by atoms with van der Waals surface area (Å²) >= 11 is 0. The number of methoxy groups -OCH3 is 1. The fourth-order valence-electron chi connectivity index (χ4n) is 2.59. The van der Waals surface area contributed by atoms with Gasteiger partial charge in [-0.1, -0.05) is 12.1 Å². The van der Waals surface area contributed by atoms with Crippen molar-refractivity contribution in [1.82, 2.24) is 10.6 Å². The topological polar surface area (TPSA) is 128 Å². The number of phenols is 1. The number of carbonyl (C=O) groups is 2. The highest BCUT2D eigenvalue weighted by Crippen LogP contribution is 2.26. The van der Waals surface area contributed by atoms with Crippen LogP contribution in [0.3, 0.4) is 0 Å². The number of ether oxygens (including phenoxy) is 1. The predicted octanol–water partition coefficient (Wildman–Crippen LogP) is 0.874. The molecule has 26 heavy (non-hydrogen) atoms. The molecule has 1 heterocycles. The molecule has 1 atom stereocenters. The summed E-state index contributed by atoms with van der Waals surface area (Å²) in [7, 11) is 1.49. The molecule has 0 radical (unpaired) electrons. The Morgan fingerprint density at radius 1 is 1.38 bits per heavy atom. The third-order valence-corrected chi connectivity index (χ3v) is 3.97. The average molecular weight is 362 g/mol. The summed E-state index contributed by atoms with van der Waals surface area (Å²) < 4.78 is 5.06. The van der Waals surface area contributed by atoms with Crippen LogP contribution in [0.4, 0.5) is 0 Å². The van der Waals surface area contributed by atoms with Crippen molar-refractivity contribution in [2.45, 2.75) is 18.9 Å². The summed E-state index contributed by atoms with van der Waals surface area (Å²) in [6.07, 6.45) is 4.18. The first-order chi connectivity index (χ1) is 12.4. The van der Waals surface area contributed by atoms with E-state index in [1.807, 2.05) is 6.07 Å². The summed E-state index contributed by atoms with van der Waals surface area (Å²) in [5, 5.41) is 33.4. The maximum absolute atomic E-state index is 11.1. The minimum atomic E-state index is -1.18. The number of phenolic OH excluding ortho intramolecular Hbond substituents is 1. The fourth-order valence-corrected chi connectivity index (χ4v) is 2.59. The van der Waals surface area contributed by atoms with Crippen molar-refractivity contribution in [1.29, 1.82) is 0 Å². The van der Waals surface area contributed by atoms with Crippen LogP contribution in [-0.4, -0.2) is 53.5 Å². The SMILES string of the molecule is COc1cc(CCNCC=C2C=C(C(=O)O)NC(C(=O)O)C2)ccc1O. The number of benzene rings is 1. The summed E-state index contributed by atoms with van der Waals surface area (Å²) in [5.74, 6) is -1.76. The molecule has 0 saturated heterocycles. The Balaban J connectivity index is 1.88. The van der Waals surface area contributed by atoms with E-state index in [2.05, 4.69) is 10.6 Å². The van der Waals surface area contributed by atoms with Crippen molar-refractivity contribution in [3.8, 4) is 11.5 Å². The molecule has 1 aromatic carbocycles. The largest absolute Gasteiger partial charge is 0.504 e. The van der Waals surface area contributed by atoms with Crippen molar-refractivity contribution >= 4 is 11.9 Å². The second kappa shape index (κ2) is 8.91. The van der Waals surface area contributed by atoms with Gasteiger partial charge in [0.1, 0.15) is 11.7 Å². The quantitative estimate of drug-likeness (QED) is 0.431. The second-order valence-electron chi connectivity index (χ2n) is 5.84. The summed E-state index contributed by atoms with van der Waals surface area (Å²) in [4.78, 5) is 22.2. The van der Waals surface area contributed by atoms with Gasteiger partial charge in [-0.2, -0.15) is 0 Å². The maximum atomic E-state index is 11.1. The molecule has 0 spiro atoms. The van der Waals surface area contributed by atoms with E-state index in [0.717, 1.165) is 12.0 Å². The Labute approximate surface area is 150 Å². The average Bonchev–Trinajstić information content (AvgIpc) is 2.62. The molecular formula is C18H22N2O6. The highest BCUT2D eigenvalue weighted by molar-refractivity contribution is 5.89. The molecule has 1 aliphatic rings. The van der Waals surface area contributed by atoms with Crippen LogP contribution in [0.5, 0.6) is 11.5 Å². The van der Waals surface area contributed by atoms with E-state index in [9.17, 15) is 14.7 Å². The van der Waals surface area contributed by atoms with E-state index in [4.69, 9.17) is 14.9 Å². The summed E-state index contributed by atoms with van der Waals surface area (Å²) in [6.45, 7) is 1.15. The van der Waals surface area contributed by atoms with Crippen molar-refractivity contribution in [3.05, 3.63) is 47.2 Å². The van der Waals surface area contributed by atoms with E-state index in [-0.39, 0.29) is 17.9 Å². The lowest BCUT2D eigenvalue weighted by atomic mass is 10.00. The molecule has 2 rings (SSSR count). The number of carboxylic acid groups (broad SMARTS) is 2. The third kappa shape index (κ3) is 5.25. The van der Waals surface area contributed by atoms with Crippen LogP contribution < -0.4 is 15.4 Å². The van der Waals surface area contributed by atoms with Gasteiger partial charge in [-0.3, -0.25) is 0 Å². The number of hydrogen-bond donors (Lipinski definition) is 5. The predicted molar refractivity (Wildman–Crippen MR) is 94.2 cm³/mol. The molecule has 1 aliphatic heterocycles. The van der Waals surface area contributed by atoms with E-state index < -0.39 is 18.0 Å². The van der Waals surface area contributed by atoms with Gasteiger partial charge in [-0.05, 0) is 42.3 Å². The second-order valence-corrected chi connectivity index (χ2v) is 5.84. The standard InChI is InChI=1S/C18H22N2O6/c1-26-16-10-11(2-3-15(16)21)4-6-19-7-5-12-8-13(17(22)23)20-14(9-12)18(24)25/h2-3,5,8,10,14,19-21H,4,6-7,9H2,1H3,(H,22,23)(H,24,25). The van der Waals surface area contributed by atoms with Gasteiger partial charge >= 0.3 is 11.9 Å². The molecule has 8 heteroatoms. The van der Waals surface area contributed by atoms with Crippen LogP contribution in [0.2, 0.25) is 0 Å². The molecule has 5 N–H and O–H groups in total. The highest BCUT2D eigenvalue weighted by Gasteiger charge is 2.26. The van der Waals surface area contributed by atoms with E-state index in [1.165, 1.54) is 13.2 Å². The lowest BCUT2D eigenvalue weighted by Crippen LogP contribution is -2.41. The van der Waals surface area contributed by atoms with Gasteiger partial charge in [-0.25, -0.2) is 9.59 Å². The smallest absolute Gasteiger partial charge is 0.351 e. The zero-order valence-electron chi connectivity index (χ0n) is 14.4. The fraction of sp³-hybridized carbons (Fsp3) is 0.333. The minimum Gasteiger partial charge on any atom is -0.504 e. The lowest BCUT2D eigenvalue weighted by Gasteiger charge is -2.22. The normalized spacial score (nSPS) is 18.1. The maximum Gasteiger partial charge on any atom is 0.351 e. The zero-order chi connectivity index (χ0) is 19.1. The summed E-state index contributed by atoms with van der Waals surface area (Å²) in [6, 6.07) is 4.21. The van der Waals surface area contributed by atoms with Crippen molar-refractivity contribution < 1.29 is 29.6 Å². The molecule has 0 amide bonds. The first kappa shape index (κ1) is 19.3. The molecule has 8 nitrogen and oxygen atoms in total. The Bertz CT molecular complexity index is 741. The van der Waals surface area contributed by atoms with Crippen molar-refractivity contribution in [2.75, 3.05) is 20.2 Å². The molecule has 0 aromatic heterocycles. The Hall–Kier alpha value is -3.00. The first-order valence-electron chi connectivity index (χ1n) is 8.10. The number of nitrogens with one attached hydrogen (secondary N) is 2. The Kier molecular flexibility index (Phi) is 6.62. The van der Waals surface area contributed by atoms with Gasteiger partial charge in [0.05, 0.1) is 7.11 Å². The first-order valence-corrected chi connectivity index (χ1v) is 8.10. The zero-order valence-corrected chi connectivity index (χ0v) is 14.4. The third-order valence-electron chi connectivity index (χ3n) is 3.97. The number of allylic oxidation sites excluding steroid dienone is 1. The van der Waals surface area contributed by atoms with Gasteiger partial charge < -0.3 is 30.7 Å². The Morgan fingerprint density at radius 3 is 2.81 bits per heavy atom. The van der Waals surface area contributed by atoms with Gasteiger partial charge in [0.25, 0.3) is 0 Å². The molecule has 0 saturated carbocycles. The van der Waals surface area contributed by atoms with E-state index >= 15 is 0 Å². The van der Waals surface area contributed by atoms with Gasteiger partial charge in [0.15, 0.2) is 11.5 Å². The van der Waals surface area contributed by atoms with Gasteiger partial charge in [-0.15, -0.1) is 0 Å². The molecule has 140 valence electrons. The number of rotatable bonds is 8. The number of hydrogen-bond acceptors (Lipinski definition) is 6. The van der Waals surface area contributed by atoms with Crippen LogP contribution in [0.25, 0.3) is 0 Å². The number of aromatic hydroxyl groups is 1. The van der Waals surface area contributed by atoms with Crippen molar-refractivity contribution in [3.63, 3.8) is 0 Å². The number of aliphatic carboxylic acids is 2. The van der Waals surface area contributed by atoms with E-state index in [1.54, 1.807) is 18.2 Å². The van der Waals surface area contributed by atoms with Crippen LogP contribution >= 0.6 is 0 Å². The monoisotopic (exact) mass is 362 g/mol. The molecule has 0 bridgehead atoms. The van der Waals surface area contributed by atoms with Crippen LogP contribution in [0.1, 0.15) is 12.0 Å². The molecule has 0 aliphatic carbocycles. The van der Waals surface area contributed by atoms with Gasteiger partial charge in [0.2, 0.25) is 0 Å². The van der Waals surface area contributed by atoms with Crippen LogP contribution in [-0.2, 0) is 16.0 Å². The highest BCUT2D eigenvalue weighted by atomic mass is 16.5. The summed E-state index contributed by atoms with van der Waals surface area (Å²) in [5.41, 5.74) is 1.54. The molecular weight excluding hydrogens is 340 g/mol. The number of carboxylic acids is 2. The van der Waals surface area contributed by atoms with Crippen LogP contribution in [0, 0.1) is 0 Å². The van der Waals surface area contributed by atoms with Crippen LogP contribution in [0.15, 0.2) is 41.6 Å². The lowest BCUT2D eigenvalue weighted by molar-refractivity contribution is -0.139. The molecule has 0 fully saturated rings.